The van der Waals surface area contributed by atoms with Gasteiger partial charge in [0, 0.05) is 13.0 Å². The summed E-state index contributed by atoms with van der Waals surface area (Å²) >= 11 is 0. The summed E-state index contributed by atoms with van der Waals surface area (Å²) in [7, 11) is 0. The van der Waals surface area contributed by atoms with Crippen LogP contribution in [0.5, 0.6) is 0 Å². The predicted molar refractivity (Wildman–Crippen MR) is 38.8 cm³/mol. The van der Waals surface area contributed by atoms with E-state index in [0.29, 0.717) is 0 Å². The van der Waals surface area contributed by atoms with Crippen LogP contribution in [-0.4, -0.2) is 30.8 Å². The zero-order valence-electron chi connectivity index (χ0n) is 6.86. The van der Waals surface area contributed by atoms with E-state index in [1.54, 1.807) is 0 Å². The maximum atomic E-state index is 3.51. The molecule has 0 aromatic carbocycles. The quantitative estimate of drug-likeness (QED) is 0.435. The van der Waals surface area contributed by atoms with Crippen LogP contribution in [0.15, 0.2) is 0 Å². The maximum Gasteiger partial charge on any atom is 0.0976 e. The van der Waals surface area contributed by atoms with Crippen LogP contribution >= 0.6 is 0 Å². The molecule has 1 fully saturated rings. The zero-order chi connectivity index (χ0) is 6.74. The third-order valence-electron chi connectivity index (χ3n) is 2.42. The summed E-state index contributed by atoms with van der Waals surface area (Å²) in [5.41, 5.74) is 3.51. The summed E-state index contributed by atoms with van der Waals surface area (Å²) < 4.78 is 1.14. The van der Waals surface area contributed by atoms with Gasteiger partial charge in [0.25, 0.3) is 0 Å². The minimum atomic E-state index is 0. The Bertz CT molecular complexity index is 83.6. The fourth-order valence-corrected chi connectivity index (χ4v) is 1.54. The molecule has 1 aliphatic heterocycles. The van der Waals surface area contributed by atoms with Crippen LogP contribution in [0.4, 0.5) is 0 Å². The van der Waals surface area contributed by atoms with E-state index in [1.165, 1.54) is 32.6 Å². The standard InChI is InChI=1S/C7H17N2.HI/c1-3-9(4-2)7-5-6-8-9;/h8H,3-7H2,1-2H3;1H/q+1;/p-1. The molecule has 10 heavy (non-hydrogen) atoms. The number of rotatable bonds is 2. The molecule has 1 heterocycles. The summed E-state index contributed by atoms with van der Waals surface area (Å²) in [6.07, 6.45) is 1.35. The summed E-state index contributed by atoms with van der Waals surface area (Å²) in [5.74, 6) is 0. The van der Waals surface area contributed by atoms with Crippen LogP contribution in [0.3, 0.4) is 0 Å². The highest BCUT2D eigenvalue weighted by molar-refractivity contribution is 4.48. The Labute approximate surface area is 80.6 Å². The lowest BCUT2D eigenvalue weighted by atomic mass is 10.4. The van der Waals surface area contributed by atoms with Gasteiger partial charge in [-0.25, -0.2) is 4.59 Å². The van der Waals surface area contributed by atoms with Gasteiger partial charge in [0.15, 0.2) is 0 Å². The first-order valence-corrected chi connectivity index (χ1v) is 3.94. The van der Waals surface area contributed by atoms with Crippen molar-refractivity contribution in [3.8, 4) is 0 Å². The van der Waals surface area contributed by atoms with Crippen molar-refractivity contribution < 1.29 is 28.6 Å². The van der Waals surface area contributed by atoms with Crippen LogP contribution in [-0.2, 0) is 0 Å². The van der Waals surface area contributed by atoms with Crippen molar-refractivity contribution in [2.45, 2.75) is 20.3 Å². The van der Waals surface area contributed by atoms with E-state index in [9.17, 15) is 0 Å². The normalized spacial score (nSPS) is 22.2. The number of hydrogen-bond acceptors (Lipinski definition) is 1. The highest BCUT2D eigenvalue weighted by Gasteiger charge is 2.27. The van der Waals surface area contributed by atoms with E-state index in [2.05, 4.69) is 19.3 Å². The number of nitrogens with one attached hydrogen (secondary N) is 1. The molecule has 0 aliphatic carbocycles. The molecule has 62 valence electrons. The Kier molecular flexibility index (Phi) is 4.81. The number of halogens is 1. The van der Waals surface area contributed by atoms with Gasteiger partial charge >= 0.3 is 0 Å². The number of hydrogen-bond donors (Lipinski definition) is 1. The minimum absolute atomic E-state index is 0. The molecule has 1 aliphatic rings. The molecular weight excluding hydrogens is 239 g/mol. The molecular formula is C7H17IN2. The average Bonchev–Trinajstić information content (AvgIpc) is 2.36. The van der Waals surface area contributed by atoms with Gasteiger partial charge in [-0.1, -0.05) is 0 Å². The highest BCUT2D eigenvalue weighted by atomic mass is 127. The molecule has 2 nitrogen and oxygen atoms in total. The fourth-order valence-electron chi connectivity index (χ4n) is 1.54. The number of nitrogens with zero attached hydrogens (tertiary/aromatic N) is 1. The molecule has 0 radical (unpaired) electrons. The molecule has 1 saturated heterocycles. The molecule has 0 amide bonds. The zero-order valence-corrected chi connectivity index (χ0v) is 9.02. The van der Waals surface area contributed by atoms with Crippen molar-refractivity contribution in [3.05, 3.63) is 0 Å². The van der Waals surface area contributed by atoms with Crippen LogP contribution in [0.25, 0.3) is 0 Å². The molecule has 0 atom stereocenters. The molecule has 1 N–H and O–H groups in total. The smallest absolute Gasteiger partial charge is 0.0976 e. The molecule has 1 rings (SSSR count). The van der Waals surface area contributed by atoms with Gasteiger partial charge in [0.1, 0.15) is 0 Å². The van der Waals surface area contributed by atoms with Crippen molar-refractivity contribution in [2.24, 2.45) is 0 Å². The van der Waals surface area contributed by atoms with Crippen molar-refractivity contribution in [1.29, 1.82) is 0 Å². The second-order valence-corrected chi connectivity index (χ2v) is 2.76. The van der Waals surface area contributed by atoms with Gasteiger partial charge in [-0.05, 0) is 13.8 Å². The van der Waals surface area contributed by atoms with Crippen LogP contribution < -0.4 is 29.4 Å². The lowest BCUT2D eigenvalue weighted by molar-refractivity contribution is -0.954. The topological polar surface area (TPSA) is 12.0 Å². The van der Waals surface area contributed by atoms with Crippen LogP contribution in [0.1, 0.15) is 20.3 Å². The van der Waals surface area contributed by atoms with Gasteiger partial charge < -0.3 is 24.0 Å². The summed E-state index contributed by atoms with van der Waals surface area (Å²) in [5, 5.41) is 0. The number of quaternary nitrogens is 1. The van der Waals surface area contributed by atoms with Gasteiger partial charge in [-0.3, -0.25) is 0 Å². The summed E-state index contributed by atoms with van der Waals surface area (Å²) in [6, 6.07) is 0. The second-order valence-electron chi connectivity index (χ2n) is 2.76. The van der Waals surface area contributed by atoms with E-state index in [0.717, 1.165) is 4.59 Å². The highest BCUT2D eigenvalue weighted by Crippen LogP contribution is 2.08. The van der Waals surface area contributed by atoms with Gasteiger partial charge in [0.2, 0.25) is 0 Å². The largest absolute Gasteiger partial charge is 1.00 e. The lowest BCUT2D eigenvalue weighted by Crippen LogP contribution is -3.00. The molecule has 0 bridgehead atoms. The van der Waals surface area contributed by atoms with E-state index < -0.39 is 0 Å². The first kappa shape index (κ1) is 10.7. The van der Waals surface area contributed by atoms with Crippen molar-refractivity contribution >= 4 is 0 Å². The Morgan fingerprint density at radius 1 is 1.30 bits per heavy atom. The summed E-state index contributed by atoms with van der Waals surface area (Å²) in [4.78, 5) is 0. The second kappa shape index (κ2) is 4.51. The average molecular weight is 256 g/mol. The Morgan fingerprint density at radius 3 is 2.10 bits per heavy atom. The third-order valence-corrected chi connectivity index (χ3v) is 2.42. The Hall–Kier alpha value is 0.650. The molecule has 3 heteroatoms. The van der Waals surface area contributed by atoms with E-state index in [1.807, 2.05) is 0 Å². The minimum Gasteiger partial charge on any atom is -1.00 e. The fraction of sp³-hybridized carbons (Fsp3) is 1.00. The first-order valence-electron chi connectivity index (χ1n) is 3.94. The lowest BCUT2D eigenvalue weighted by Gasteiger charge is -2.30. The van der Waals surface area contributed by atoms with Crippen molar-refractivity contribution in [2.75, 3.05) is 26.2 Å². The monoisotopic (exact) mass is 256 g/mol. The molecule has 0 unspecified atom stereocenters. The molecule has 0 saturated carbocycles. The van der Waals surface area contributed by atoms with Gasteiger partial charge in [0.05, 0.1) is 19.6 Å². The molecule has 0 aromatic heterocycles. The van der Waals surface area contributed by atoms with Crippen LogP contribution in [0, 0.1) is 0 Å². The van der Waals surface area contributed by atoms with Gasteiger partial charge in [-0.15, -0.1) is 0 Å². The molecule has 0 spiro atoms. The van der Waals surface area contributed by atoms with Crippen LogP contribution in [0.2, 0.25) is 0 Å². The van der Waals surface area contributed by atoms with Gasteiger partial charge in [-0.2, -0.15) is 5.43 Å². The van der Waals surface area contributed by atoms with E-state index >= 15 is 0 Å². The summed E-state index contributed by atoms with van der Waals surface area (Å²) in [6.45, 7) is 9.51. The maximum absolute atomic E-state index is 3.51. The Balaban J connectivity index is 0.000000810. The third kappa shape index (κ3) is 2.07. The first-order chi connectivity index (χ1) is 4.33. The van der Waals surface area contributed by atoms with E-state index in [-0.39, 0.29) is 24.0 Å². The predicted octanol–water partition coefficient (Wildman–Crippen LogP) is -2.24. The van der Waals surface area contributed by atoms with E-state index in [4.69, 9.17) is 0 Å². The SMILES string of the molecule is CC[N+]1(CC)CCCN1.[I-]. The van der Waals surface area contributed by atoms with Crippen molar-refractivity contribution in [3.63, 3.8) is 0 Å². The molecule has 0 aromatic rings. The van der Waals surface area contributed by atoms with Crippen molar-refractivity contribution in [1.82, 2.24) is 5.43 Å². The Morgan fingerprint density at radius 2 is 1.90 bits per heavy atom.